The van der Waals surface area contributed by atoms with Crippen LogP contribution in [0.4, 0.5) is 0 Å². The van der Waals surface area contributed by atoms with Crippen LogP contribution >= 0.6 is 0 Å². The number of nitrogens with zero attached hydrogens (tertiary/aromatic N) is 3. The highest BCUT2D eigenvalue weighted by Gasteiger charge is 2.29. The van der Waals surface area contributed by atoms with E-state index >= 15 is 0 Å². The predicted molar refractivity (Wildman–Crippen MR) is 92.3 cm³/mol. The Kier molecular flexibility index (Phi) is 5.13. The van der Waals surface area contributed by atoms with E-state index in [1.54, 1.807) is 13.3 Å². The van der Waals surface area contributed by atoms with Gasteiger partial charge in [-0.25, -0.2) is 9.97 Å². The van der Waals surface area contributed by atoms with Crippen LogP contribution in [0.25, 0.3) is 0 Å². The summed E-state index contributed by atoms with van der Waals surface area (Å²) in [6, 6.07) is 6.63. The standard InChI is InChI=1S/C18H20N4O4/c1-26-13-4-2-11(3-5-13)6-16-20-8-12-9-22(10-15(12)21-16)18(25)14(19)7-17(23)24/h2-5,8,14H,6-7,9-10,19H2,1H3,(H,23,24)/t14-/m0/s1. The second-order valence-corrected chi connectivity index (χ2v) is 6.18. The molecule has 8 heteroatoms. The molecule has 3 rings (SSSR count). The highest BCUT2D eigenvalue weighted by atomic mass is 16.5. The highest BCUT2D eigenvalue weighted by molar-refractivity contribution is 5.86. The number of hydrogen-bond donors (Lipinski definition) is 2. The maximum atomic E-state index is 12.3. The molecule has 136 valence electrons. The van der Waals surface area contributed by atoms with Gasteiger partial charge in [-0.05, 0) is 17.7 Å². The van der Waals surface area contributed by atoms with Crippen molar-refractivity contribution in [3.8, 4) is 5.75 Å². The second kappa shape index (κ2) is 7.49. The van der Waals surface area contributed by atoms with Crippen LogP contribution in [0.1, 0.15) is 29.1 Å². The Morgan fingerprint density at radius 1 is 1.31 bits per heavy atom. The molecule has 1 aliphatic rings. The van der Waals surface area contributed by atoms with Crippen molar-refractivity contribution in [1.29, 1.82) is 0 Å². The first-order valence-corrected chi connectivity index (χ1v) is 8.19. The summed E-state index contributed by atoms with van der Waals surface area (Å²) in [6.45, 7) is 0.671. The van der Waals surface area contributed by atoms with E-state index in [1.807, 2.05) is 24.3 Å². The smallest absolute Gasteiger partial charge is 0.305 e. The van der Waals surface area contributed by atoms with E-state index < -0.39 is 12.0 Å². The Bertz CT molecular complexity index is 822. The van der Waals surface area contributed by atoms with E-state index in [1.165, 1.54) is 4.90 Å². The van der Waals surface area contributed by atoms with Crippen molar-refractivity contribution in [3.63, 3.8) is 0 Å². The van der Waals surface area contributed by atoms with E-state index in [-0.39, 0.29) is 12.3 Å². The number of carboxylic acids is 1. The first-order valence-electron chi connectivity index (χ1n) is 8.19. The molecule has 0 saturated heterocycles. The van der Waals surface area contributed by atoms with Gasteiger partial charge in [0.1, 0.15) is 11.6 Å². The molecule has 1 amide bonds. The third kappa shape index (κ3) is 3.97. The first kappa shape index (κ1) is 17.8. The number of carboxylic acid groups (broad SMARTS) is 1. The van der Waals surface area contributed by atoms with Gasteiger partial charge in [-0.15, -0.1) is 0 Å². The molecule has 0 spiro atoms. The Labute approximate surface area is 150 Å². The fraction of sp³-hybridized carbons (Fsp3) is 0.333. The second-order valence-electron chi connectivity index (χ2n) is 6.18. The number of carbonyl (C=O) groups is 2. The van der Waals surface area contributed by atoms with Gasteiger partial charge in [0.2, 0.25) is 5.91 Å². The average molecular weight is 356 g/mol. The molecule has 0 aliphatic carbocycles. The number of amides is 1. The minimum absolute atomic E-state index is 0.319. The molecule has 1 aromatic carbocycles. The minimum Gasteiger partial charge on any atom is -0.497 e. The highest BCUT2D eigenvalue weighted by Crippen LogP contribution is 2.22. The van der Waals surface area contributed by atoms with Crippen molar-refractivity contribution in [2.75, 3.05) is 7.11 Å². The average Bonchev–Trinajstić information content (AvgIpc) is 3.04. The van der Waals surface area contributed by atoms with Crippen LogP contribution in [-0.2, 0) is 29.1 Å². The lowest BCUT2D eigenvalue weighted by Gasteiger charge is -2.18. The summed E-state index contributed by atoms with van der Waals surface area (Å²) in [7, 11) is 1.62. The molecule has 0 saturated carbocycles. The number of aliphatic carboxylic acids is 1. The third-order valence-corrected chi connectivity index (χ3v) is 4.25. The number of ether oxygens (including phenoxy) is 1. The van der Waals surface area contributed by atoms with Gasteiger partial charge < -0.3 is 20.5 Å². The molecule has 1 aliphatic heterocycles. The fourth-order valence-electron chi connectivity index (χ4n) is 2.87. The summed E-state index contributed by atoms with van der Waals surface area (Å²) in [5.41, 5.74) is 8.36. The fourth-order valence-corrected chi connectivity index (χ4v) is 2.87. The zero-order valence-corrected chi connectivity index (χ0v) is 14.4. The monoisotopic (exact) mass is 356 g/mol. The molecule has 2 aromatic rings. The first-order chi connectivity index (χ1) is 12.5. The summed E-state index contributed by atoms with van der Waals surface area (Å²) in [4.78, 5) is 33.4. The van der Waals surface area contributed by atoms with E-state index in [0.29, 0.717) is 25.3 Å². The van der Waals surface area contributed by atoms with Crippen LogP contribution in [-0.4, -0.2) is 45.0 Å². The number of fused-ring (bicyclic) bond motifs is 1. The Morgan fingerprint density at radius 2 is 2.04 bits per heavy atom. The van der Waals surface area contributed by atoms with Crippen LogP contribution in [0.3, 0.4) is 0 Å². The van der Waals surface area contributed by atoms with Crippen LogP contribution in [0.5, 0.6) is 5.75 Å². The number of aromatic nitrogens is 2. The molecule has 1 aromatic heterocycles. The Hall–Kier alpha value is -3.00. The molecule has 0 unspecified atom stereocenters. The Morgan fingerprint density at radius 3 is 2.69 bits per heavy atom. The van der Waals surface area contributed by atoms with Gasteiger partial charge in [-0.1, -0.05) is 12.1 Å². The van der Waals surface area contributed by atoms with Gasteiger partial charge in [0, 0.05) is 24.7 Å². The van der Waals surface area contributed by atoms with Crippen LogP contribution in [0, 0.1) is 0 Å². The van der Waals surface area contributed by atoms with E-state index in [2.05, 4.69) is 9.97 Å². The minimum atomic E-state index is -1.09. The van der Waals surface area contributed by atoms with Crippen LogP contribution < -0.4 is 10.5 Å². The van der Waals surface area contributed by atoms with Gasteiger partial charge in [0.05, 0.1) is 31.8 Å². The van der Waals surface area contributed by atoms with Gasteiger partial charge in [0.15, 0.2) is 0 Å². The molecule has 0 fully saturated rings. The summed E-state index contributed by atoms with van der Waals surface area (Å²) < 4.78 is 5.14. The van der Waals surface area contributed by atoms with Gasteiger partial charge >= 0.3 is 5.97 Å². The number of nitrogens with two attached hydrogens (primary N) is 1. The molecular weight excluding hydrogens is 336 g/mol. The van der Waals surface area contributed by atoms with Crippen LogP contribution in [0.15, 0.2) is 30.5 Å². The zero-order chi connectivity index (χ0) is 18.7. The molecule has 8 nitrogen and oxygen atoms in total. The number of benzene rings is 1. The third-order valence-electron chi connectivity index (χ3n) is 4.25. The molecular formula is C18H20N4O4. The lowest BCUT2D eigenvalue weighted by atomic mass is 10.1. The van der Waals surface area contributed by atoms with E-state index in [4.69, 9.17) is 15.6 Å². The number of methoxy groups -OCH3 is 1. The number of hydrogen-bond acceptors (Lipinski definition) is 6. The topological polar surface area (TPSA) is 119 Å². The summed E-state index contributed by atoms with van der Waals surface area (Å²) in [5.74, 6) is -0.0280. The van der Waals surface area contributed by atoms with E-state index in [0.717, 1.165) is 22.6 Å². The van der Waals surface area contributed by atoms with E-state index in [9.17, 15) is 9.59 Å². The van der Waals surface area contributed by atoms with Gasteiger partial charge in [-0.3, -0.25) is 9.59 Å². The maximum absolute atomic E-state index is 12.3. The van der Waals surface area contributed by atoms with Crippen molar-refractivity contribution >= 4 is 11.9 Å². The van der Waals surface area contributed by atoms with Crippen molar-refractivity contribution in [2.24, 2.45) is 5.73 Å². The normalized spacial score (nSPS) is 14.0. The largest absolute Gasteiger partial charge is 0.497 e. The molecule has 1 atom stereocenters. The predicted octanol–water partition coefficient (Wildman–Crippen LogP) is 0.720. The lowest BCUT2D eigenvalue weighted by molar-refractivity contribution is -0.142. The quantitative estimate of drug-likeness (QED) is 0.783. The zero-order valence-electron chi connectivity index (χ0n) is 14.4. The van der Waals surface area contributed by atoms with Gasteiger partial charge in [0.25, 0.3) is 0 Å². The van der Waals surface area contributed by atoms with Crippen molar-refractivity contribution in [3.05, 3.63) is 53.1 Å². The van der Waals surface area contributed by atoms with Gasteiger partial charge in [-0.2, -0.15) is 0 Å². The molecule has 0 bridgehead atoms. The molecule has 0 radical (unpaired) electrons. The van der Waals surface area contributed by atoms with Crippen molar-refractivity contribution < 1.29 is 19.4 Å². The summed E-state index contributed by atoms with van der Waals surface area (Å²) >= 11 is 0. The van der Waals surface area contributed by atoms with Crippen molar-refractivity contribution in [1.82, 2.24) is 14.9 Å². The number of rotatable bonds is 6. The molecule has 2 heterocycles. The Balaban J connectivity index is 1.67. The number of carbonyl (C=O) groups excluding carboxylic acids is 1. The SMILES string of the molecule is COc1ccc(Cc2ncc3c(n2)CN(C(=O)[C@@H](N)CC(=O)O)C3)cc1. The molecule has 26 heavy (non-hydrogen) atoms. The summed E-state index contributed by atoms with van der Waals surface area (Å²) in [5, 5.41) is 8.78. The van der Waals surface area contributed by atoms with Crippen LogP contribution in [0.2, 0.25) is 0 Å². The van der Waals surface area contributed by atoms with Crippen molar-refractivity contribution in [2.45, 2.75) is 32.0 Å². The maximum Gasteiger partial charge on any atom is 0.305 e. The lowest BCUT2D eigenvalue weighted by Crippen LogP contribution is -2.42. The summed E-state index contributed by atoms with van der Waals surface area (Å²) in [6.07, 6.45) is 1.90. The molecule has 3 N–H and O–H groups in total.